The summed E-state index contributed by atoms with van der Waals surface area (Å²) in [5.74, 6) is 1.98. The molecular formula is C26H45N7O2S. The van der Waals surface area contributed by atoms with E-state index in [9.17, 15) is 0 Å². The molecule has 0 amide bonds. The van der Waals surface area contributed by atoms with Crippen molar-refractivity contribution in [3.05, 3.63) is 29.6 Å². The summed E-state index contributed by atoms with van der Waals surface area (Å²) in [6.45, 7) is 21.8. The van der Waals surface area contributed by atoms with Crippen LogP contribution in [0.5, 0.6) is 0 Å². The second kappa shape index (κ2) is 15.8. The fourth-order valence-corrected chi connectivity index (χ4v) is 4.12. The van der Waals surface area contributed by atoms with Gasteiger partial charge in [0.05, 0.1) is 18.1 Å². The summed E-state index contributed by atoms with van der Waals surface area (Å²) in [5.41, 5.74) is 6.26. The van der Waals surface area contributed by atoms with Gasteiger partial charge in [0.25, 0.3) is 6.02 Å². The largest absolute Gasteiger partial charge is 0.465 e. The molecule has 2 heterocycles. The number of aliphatic imine (C=N–C) groups is 1. The fraction of sp³-hybridized carbons (Fsp3) is 0.692. The highest BCUT2D eigenvalue weighted by atomic mass is 32.2. The topological polar surface area (TPSA) is 88.8 Å². The number of amidine groups is 2. The molecule has 0 saturated carbocycles. The minimum Gasteiger partial charge on any atom is -0.465 e. The van der Waals surface area contributed by atoms with Gasteiger partial charge in [-0.25, -0.2) is 4.99 Å². The van der Waals surface area contributed by atoms with Gasteiger partial charge in [-0.2, -0.15) is 5.10 Å². The Morgan fingerprint density at radius 3 is 2.67 bits per heavy atom. The van der Waals surface area contributed by atoms with Gasteiger partial charge in [-0.1, -0.05) is 41.2 Å². The van der Waals surface area contributed by atoms with Crippen LogP contribution in [0.15, 0.2) is 39.7 Å². The molecule has 1 unspecified atom stereocenters. The lowest BCUT2D eigenvalue weighted by atomic mass is 9.83. The number of ether oxygens (including phenoxy) is 2. The van der Waals surface area contributed by atoms with Gasteiger partial charge in [-0.15, -0.1) is 17.5 Å². The lowest BCUT2D eigenvalue weighted by molar-refractivity contribution is 0.135. The van der Waals surface area contributed by atoms with E-state index in [1.807, 2.05) is 22.2 Å². The zero-order valence-electron chi connectivity index (χ0n) is 22.8. The van der Waals surface area contributed by atoms with Crippen molar-refractivity contribution in [2.24, 2.45) is 21.4 Å². The molecule has 0 radical (unpaired) electrons. The maximum Gasteiger partial charge on any atom is 0.288 e. The highest BCUT2D eigenvalue weighted by molar-refractivity contribution is 8.03. The van der Waals surface area contributed by atoms with Crippen LogP contribution < -0.4 is 5.43 Å². The van der Waals surface area contributed by atoms with Crippen molar-refractivity contribution < 1.29 is 9.47 Å². The van der Waals surface area contributed by atoms with Crippen LogP contribution in [0, 0.1) is 16.7 Å². The Kier molecular flexibility index (Phi) is 13.1. The monoisotopic (exact) mass is 519 g/mol. The van der Waals surface area contributed by atoms with E-state index in [0.29, 0.717) is 25.6 Å². The quantitative estimate of drug-likeness (QED) is 0.149. The van der Waals surface area contributed by atoms with Crippen LogP contribution in [0.25, 0.3) is 0 Å². The maximum absolute atomic E-state index is 8.33. The summed E-state index contributed by atoms with van der Waals surface area (Å²) in [4.78, 5) is 11.7. The predicted octanol–water partition coefficient (Wildman–Crippen LogP) is 3.78. The summed E-state index contributed by atoms with van der Waals surface area (Å²) in [6, 6.07) is 0.171. The van der Waals surface area contributed by atoms with Crippen molar-refractivity contribution in [2.45, 2.75) is 41.0 Å². The molecule has 0 aliphatic carbocycles. The third-order valence-electron chi connectivity index (χ3n) is 6.33. The number of hydrogen-bond acceptors (Lipinski definition) is 7. The zero-order chi connectivity index (χ0) is 26.4. The van der Waals surface area contributed by atoms with Gasteiger partial charge >= 0.3 is 0 Å². The van der Waals surface area contributed by atoms with Crippen LogP contribution in [0.2, 0.25) is 0 Å². The van der Waals surface area contributed by atoms with Gasteiger partial charge in [0, 0.05) is 58.3 Å². The fourth-order valence-electron chi connectivity index (χ4n) is 3.43. The van der Waals surface area contributed by atoms with E-state index in [0.717, 1.165) is 62.3 Å². The molecule has 36 heavy (non-hydrogen) atoms. The van der Waals surface area contributed by atoms with Crippen LogP contribution in [-0.4, -0.2) is 97.7 Å². The van der Waals surface area contributed by atoms with Crippen molar-refractivity contribution in [2.75, 3.05) is 64.8 Å². The van der Waals surface area contributed by atoms with Crippen LogP contribution in [0.3, 0.4) is 0 Å². The Morgan fingerprint density at radius 2 is 2.00 bits per heavy atom. The molecule has 2 aliphatic rings. The molecule has 0 spiro atoms. The molecule has 2 rings (SSSR count). The Labute approximate surface area is 221 Å². The molecule has 202 valence electrons. The molecule has 0 aromatic rings. The smallest absolute Gasteiger partial charge is 0.288 e. The third-order valence-corrected chi connectivity index (χ3v) is 7.23. The SMILES string of the molecule is C=C=C(SCC)/C(=N\C=N/NCCN1CCCOCC1)N1C=CN(C(=N)OCC(C)C(C)(C)C)CC1. The average Bonchev–Trinajstić information content (AvgIpc) is 3.14. The predicted molar refractivity (Wildman–Crippen MR) is 151 cm³/mol. The van der Waals surface area contributed by atoms with Crippen molar-refractivity contribution in [1.29, 1.82) is 5.41 Å². The lowest BCUT2D eigenvalue weighted by Gasteiger charge is -2.33. The summed E-state index contributed by atoms with van der Waals surface area (Å²) in [7, 11) is 0. The maximum atomic E-state index is 8.33. The molecule has 0 aromatic heterocycles. The first-order chi connectivity index (χ1) is 17.3. The van der Waals surface area contributed by atoms with E-state index in [4.69, 9.17) is 14.9 Å². The van der Waals surface area contributed by atoms with Gasteiger partial charge in [-0.05, 0) is 23.5 Å². The Bertz CT molecular complexity index is 823. The Balaban J connectivity index is 1.94. The van der Waals surface area contributed by atoms with E-state index in [-0.39, 0.29) is 11.4 Å². The van der Waals surface area contributed by atoms with Crippen LogP contribution in [-0.2, 0) is 9.47 Å². The van der Waals surface area contributed by atoms with Crippen LogP contribution in [0.4, 0.5) is 0 Å². The van der Waals surface area contributed by atoms with Gasteiger partial charge < -0.3 is 24.7 Å². The number of nitrogens with one attached hydrogen (secondary N) is 2. The number of thioether (sulfide) groups is 1. The molecule has 1 fully saturated rings. The van der Waals surface area contributed by atoms with E-state index >= 15 is 0 Å². The molecule has 0 aromatic carbocycles. The molecule has 2 N–H and O–H groups in total. The normalized spacial score (nSPS) is 18.6. The average molecular weight is 520 g/mol. The molecule has 0 bridgehead atoms. The minimum atomic E-state index is 0.142. The molecule has 10 heteroatoms. The minimum absolute atomic E-state index is 0.142. The van der Waals surface area contributed by atoms with Gasteiger partial charge in [-0.3, -0.25) is 10.3 Å². The first-order valence-electron chi connectivity index (χ1n) is 12.8. The van der Waals surface area contributed by atoms with Crippen LogP contribution >= 0.6 is 11.8 Å². The number of hydrogen-bond donors (Lipinski definition) is 2. The van der Waals surface area contributed by atoms with E-state index in [1.165, 1.54) is 0 Å². The highest BCUT2D eigenvalue weighted by Crippen LogP contribution is 2.25. The lowest BCUT2D eigenvalue weighted by Crippen LogP contribution is -2.42. The van der Waals surface area contributed by atoms with Gasteiger partial charge in [0.15, 0.2) is 5.84 Å². The van der Waals surface area contributed by atoms with Crippen molar-refractivity contribution in [3.8, 4) is 0 Å². The van der Waals surface area contributed by atoms with Crippen molar-refractivity contribution in [3.63, 3.8) is 0 Å². The molecule has 9 nitrogen and oxygen atoms in total. The van der Waals surface area contributed by atoms with E-state index in [1.54, 1.807) is 18.1 Å². The number of hydrazone groups is 1. The summed E-state index contributed by atoms with van der Waals surface area (Å²) < 4.78 is 11.3. The summed E-state index contributed by atoms with van der Waals surface area (Å²) in [5, 5.41) is 12.6. The molecule has 1 saturated heterocycles. The van der Waals surface area contributed by atoms with Crippen LogP contribution in [0.1, 0.15) is 41.0 Å². The summed E-state index contributed by atoms with van der Waals surface area (Å²) >= 11 is 1.64. The van der Waals surface area contributed by atoms with Crippen molar-refractivity contribution in [1.82, 2.24) is 20.1 Å². The van der Waals surface area contributed by atoms with E-state index in [2.05, 4.69) is 67.3 Å². The molecular weight excluding hydrogens is 474 g/mol. The number of rotatable bonds is 10. The second-order valence-corrected chi connectivity index (χ2v) is 11.2. The van der Waals surface area contributed by atoms with E-state index < -0.39 is 0 Å². The first-order valence-corrected chi connectivity index (χ1v) is 13.8. The highest BCUT2D eigenvalue weighted by Gasteiger charge is 2.24. The second-order valence-electron chi connectivity index (χ2n) is 9.92. The zero-order valence-corrected chi connectivity index (χ0v) is 23.6. The van der Waals surface area contributed by atoms with Gasteiger partial charge in [0.1, 0.15) is 6.34 Å². The van der Waals surface area contributed by atoms with Gasteiger partial charge in [0.2, 0.25) is 0 Å². The Morgan fingerprint density at radius 1 is 1.25 bits per heavy atom. The Hall–Kier alpha value is -2.26. The third kappa shape index (κ3) is 10.4. The molecule has 1 atom stereocenters. The standard InChI is InChI=1S/C26H45N7O2S/c1-7-23(36-8-2)24(28-21-30-29-10-12-31-11-9-18-34-19-17-31)32-13-15-33(16-14-32)25(27)35-20-22(3)26(4,5)6/h13,15,21-22,27,29H,1,8-12,14,16-20H2,2-6H3/b27-25?,28-24+,30-21-. The first kappa shape index (κ1) is 30.0. The van der Waals surface area contributed by atoms with Crippen molar-refractivity contribution >= 4 is 30.0 Å². The summed E-state index contributed by atoms with van der Waals surface area (Å²) in [6.07, 6.45) is 6.41. The number of nitrogens with zero attached hydrogens (tertiary/aromatic N) is 5. The molecule has 2 aliphatic heterocycles.